The van der Waals surface area contributed by atoms with Gasteiger partial charge in [0.25, 0.3) is 0 Å². The maximum absolute atomic E-state index is 11.7. The number of amides is 1. The molecule has 0 aromatic carbocycles. The molecule has 0 heterocycles. The van der Waals surface area contributed by atoms with Crippen molar-refractivity contribution in [2.45, 2.75) is 79.9 Å². The minimum Gasteiger partial charge on any atom is -0.444 e. The lowest BCUT2D eigenvalue weighted by Gasteiger charge is -2.25. The molecular weight excluding hydrogens is 264 g/mol. The van der Waals surface area contributed by atoms with Crippen LogP contribution in [0.2, 0.25) is 0 Å². The van der Waals surface area contributed by atoms with E-state index in [1.54, 1.807) is 0 Å². The second kappa shape index (κ2) is 8.62. The highest BCUT2D eigenvalue weighted by molar-refractivity contribution is 5.67. The van der Waals surface area contributed by atoms with Crippen LogP contribution in [0.15, 0.2) is 0 Å². The molecule has 0 saturated carbocycles. The van der Waals surface area contributed by atoms with Crippen LogP contribution in [0.25, 0.3) is 0 Å². The van der Waals surface area contributed by atoms with E-state index in [9.17, 15) is 4.79 Å². The monoisotopic (exact) mass is 300 g/mol. The van der Waals surface area contributed by atoms with Gasteiger partial charge in [0.05, 0.1) is 0 Å². The fourth-order valence-corrected chi connectivity index (χ4v) is 1.98. The highest BCUT2D eigenvalue weighted by Gasteiger charge is 2.18. The molecule has 1 unspecified atom stereocenters. The van der Waals surface area contributed by atoms with Crippen molar-refractivity contribution in [2.75, 3.05) is 13.1 Å². The van der Waals surface area contributed by atoms with Crippen molar-refractivity contribution in [3.63, 3.8) is 0 Å². The molecule has 4 nitrogen and oxygen atoms in total. The molecule has 0 aromatic heterocycles. The number of hydrogen-bond acceptors (Lipinski definition) is 3. The molecule has 126 valence electrons. The average molecular weight is 300 g/mol. The van der Waals surface area contributed by atoms with E-state index in [2.05, 4.69) is 45.3 Å². The molecule has 0 aromatic rings. The Morgan fingerprint density at radius 3 is 2.10 bits per heavy atom. The third-order valence-electron chi connectivity index (χ3n) is 2.96. The molecule has 0 rings (SSSR count). The van der Waals surface area contributed by atoms with Crippen LogP contribution >= 0.6 is 0 Å². The highest BCUT2D eigenvalue weighted by Crippen LogP contribution is 2.17. The third-order valence-corrected chi connectivity index (χ3v) is 2.96. The molecule has 2 N–H and O–H groups in total. The molecule has 1 atom stereocenters. The van der Waals surface area contributed by atoms with E-state index in [0.29, 0.717) is 23.9 Å². The lowest BCUT2D eigenvalue weighted by molar-refractivity contribution is 0.0520. The van der Waals surface area contributed by atoms with E-state index in [4.69, 9.17) is 4.74 Å². The summed E-state index contributed by atoms with van der Waals surface area (Å²) < 4.78 is 5.27. The summed E-state index contributed by atoms with van der Waals surface area (Å²) in [5.74, 6) is 0.595. The first kappa shape index (κ1) is 20.2. The molecule has 0 aliphatic heterocycles. The number of carbonyl (C=O) groups is 1. The molecule has 0 aliphatic rings. The molecule has 0 spiro atoms. The van der Waals surface area contributed by atoms with Gasteiger partial charge in [-0.25, -0.2) is 4.79 Å². The summed E-state index contributed by atoms with van der Waals surface area (Å²) in [6.45, 7) is 18.3. The van der Waals surface area contributed by atoms with Crippen molar-refractivity contribution < 1.29 is 9.53 Å². The predicted molar refractivity (Wildman–Crippen MR) is 89.6 cm³/mol. The van der Waals surface area contributed by atoms with E-state index in [1.807, 2.05) is 20.8 Å². The van der Waals surface area contributed by atoms with Gasteiger partial charge in [0.2, 0.25) is 0 Å². The number of hydrogen-bond donors (Lipinski definition) is 2. The smallest absolute Gasteiger partial charge is 0.407 e. The lowest BCUT2D eigenvalue weighted by atomic mass is 9.92. The van der Waals surface area contributed by atoms with Crippen molar-refractivity contribution in [3.8, 4) is 0 Å². The lowest BCUT2D eigenvalue weighted by Crippen LogP contribution is -2.44. The summed E-state index contributed by atoms with van der Waals surface area (Å²) in [7, 11) is 0. The van der Waals surface area contributed by atoms with Gasteiger partial charge in [0.15, 0.2) is 0 Å². The molecule has 1 amide bonds. The molecule has 4 heteroatoms. The van der Waals surface area contributed by atoms with Gasteiger partial charge < -0.3 is 15.4 Å². The zero-order valence-electron chi connectivity index (χ0n) is 15.3. The topological polar surface area (TPSA) is 50.4 Å². The Hall–Kier alpha value is -0.770. The van der Waals surface area contributed by atoms with E-state index in [-0.39, 0.29) is 6.09 Å². The molecule has 0 bridgehead atoms. The van der Waals surface area contributed by atoms with Crippen LogP contribution in [0, 0.1) is 11.3 Å². The Kier molecular flexibility index (Phi) is 8.30. The maximum atomic E-state index is 11.7. The van der Waals surface area contributed by atoms with Crippen LogP contribution < -0.4 is 10.6 Å². The first-order valence-electron chi connectivity index (χ1n) is 8.09. The SMILES string of the molecule is CC(C)CC(CNC(=O)OC(C)(C)C)NCCC(C)(C)C. The fraction of sp³-hybridized carbons (Fsp3) is 0.941. The van der Waals surface area contributed by atoms with Gasteiger partial charge in [-0.3, -0.25) is 0 Å². The van der Waals surface area contributed by atoms with Crippen LogP contribution in [0.4, 0.5) is 4.79 Å². The van der Waals surface area contributed by atoms with Crippen LogP contribution in [-0.4, -0.2) is 30.8 Å². The zero-order chi connectivity index (χ0) is 16.7. The van der Waals surface area contributed by atoms with Crippen molar-refractivity contribution in [1.82, 2.24) is 10.6 Å². The van der Waals surface area contributed by atoms with E-state index in [0.717, 1.165) is 19.4 Å². The maximum Gasteiger partial charge on any atom is 0.407 e. The summed E-state index contributed by atoms with van der Waals surface area (Å²) in [6, 6.07) is 0.292. The highest BCUT2D eigenvalue weighted by atomic mass is 16.6. The van der Waals surface area contributed by atoms with Crippen LogP contribution in [-0.2, 0) is 4.74 Å². The number of nitrogens with one attached hydrogen (secondary N) is 2. The predicted octanol–water partition coefficient (Wildman–Crippen LogP) is 3.95. The normalized spacial score (nSPS) is 14.1. The Morgan fingerprint density at radius 1 is 1.10 bits per heavy atom. The summed E-state index contributed by atoms with van der Waals surface area (Å²) >= 11 is 0. The summed E-state index contributed by atoms with van der Waals surface area (Å²) in [6.07, 6.45) is 1.82. The zero-order valence-corrected chi connectivity index (χ0v) is 15.3. The number of ether oxygens (including phenoxy) is 1. The number of carbonyl (C=O) groups excluding carboxylic acids is 1. The summed E-state index contributed by atoms with van der Waals surface area (Å²) in [4.78, 5) is 11.7. The van der Waals surface area contributed by atoms with E-state index >= 15 is 0 Å². The van der Waals surface area contributed by atoms with E-state index in [1.165, 1.54) is 0 Å². The number of alkyl carbamates (subject to hydrolysis) is 1. The summed E-state index contributed by atoms with van der Waals surface area (Å²) in [5, 5.41) is 6.42. The van der Waals surface area contributed by atoms with Crippen LogP contribution in [0.3, 0.4) is 0 Å². The van der Waals surface area contributed by atoms with E-state index < -0.39 is 5.60 Å². The molecule has 21 heavy (non-hydrogen) atoms. The molecular formula is C17H36N2O2. The second-order valence-corrected chi connectivity index (χ2v) is 8.47. The third kappa shape index (κ3) is 13.9. The molecule has 0 fully saturated rings. The Balaban J connectivity index is 4.21. The Labute approximate surface area is 131 Å². The quantitative estimate of drug-likeness (QED) is 0.748. The van der Waals surface area contributed by atoms with Crippen molar-refractivity contribution in [1.29, 1.82) is 0 Å². The van der Waals surface area contributed by atoms with Gasteiger partial charge in [0, 0.05) is 12.6 Å². The van der Waals surface area contributed by atoms with Crippen molar-refractivity contribution >= 4 is 6.09 Å². The van der Waals surface area contributed by atoms with Gasteiger partial charge in [-0.15, -0.1) is 0 Å². The Bertz CT molecular complexity index is 301. The van der Waals surface area contributed by atoms with Gasteiger partial charge >= 0.3 is 6.09 Å². The minimum atomic E-state index is -0.447. The van der Waals surface area contributed by atoms with Gasteiger partial charge in [-0.05, 0) is 51.5 Å². The number of rotatable bonds is 7. The van der Waals surface area contributed by atoms with Gasteiger partial charge in [-0.2, -0.15) is 0 Å². The largest absolute Gasteiger partial charge is 0.444 e. The van der Waals surface area contributed by atoms with Crippen LogP contribution in [0.5, 0.6) is 0 Å². The standard InChI is InChI=1S/C17H36N2O2/c1-13(2)11-14(18-10-9-16(3,4)5)12-19-15(20)21-17(6,7)8/h13-14,18H,9-12H2,1-8H3,(H,19,20). The average Bonchev–Trinajstić information content (AvgIpc) is 2.20. The fourth-order valence-electron chi connectivity index (χ4n) is 1.98. The molecule has 0 radical (unpaired) electrons. The van der Waals surface area contributed by atoms with Crippen LogP contribution in [0.1, 0.15) is 68.2 Å². The van der Waals surface area contributed by atoms with Gasteiger partial charge in [0.1, 0.15) is 5.60 Å². The molecule has 0 saturated heterocycles. The first-order valence-corrected chi connectivity index (χ1v) is 8.09. The second-order valence-electron chi connectivity index (χ2n) is 8.47. The summed E-state index contributed by atoms with van der Waals surface area (Å²) in [5.41, 5.74) is -0.120. The van der Waals surface area contributed by atoms with Gasteiger partial charge in [-0.1, -0.05) is 34.6 Å². The minimum absolute atomic E-state index is 0.292. The Morgan fingerprint density at radius 2 is 1.67 bits per heavy atom. The van der Waals surface area contributed by atoms with Crippen molar-refractivity contribution in [2.24, 2.45) is 11.3 Å². The van der Waals surface area contributed by atoms with Crippen molar-refractivity contribution in [3.05, 3.63) is 0 Å². The first-order chi connectivity index (χ1) is 9.39. The molecule has 0 aliphatic carbocycles.